The third-order valence-electron chi connectivity index (χ3n) is 3.42. The monoisotopic (exact) mass is 279 g/mol. The Morgan fingerprint density at radius 3 is 2.45 bits per heavy atom. The molecular formula is C16H10ClN3. The summed E-state index contributed by atoms with van der Waals surface area (Å²) in [5.74, 6) is 0. The lowest BCUT2D eigenvalue weighted by atomic mass is 10.2. The maximum absolute atomic E-state index is 6.27. The van der Waals surface area contributed by atoms with Crippen molar-refractivity contribution in [2.75, 3.05) is 0 Å². The summed E-state index contributed by atoms with van der Waals surface area (Å²) in [7, 11) is 0. The van der Waals surface area contributed by atoms with Crippen molar-refractivity contribution < 1.29 is 0 Å². The molecule has 4 rings (SSSR count). The van der Waals surface area contributed by atoms with E-state index in [0.717, 1.165) is 27.6 Å². The topological polar surface area (TPSA) is 30.7 Å². The minimum Gasteiger partial charge on any atom is -0.294 e. The quantitative estimate of drug-likeness (QED) is 0.488. The van der Waals surface area contributed by atoms with Crippen molar-refractivity contribution in [3.63, 3.8) is 0 Å². The van der Waals surface area contributed by atoms with Crippen molar-refractivity contribution in [1.29, 1.82) is 0 Å². The summed E-state index contributed by atoms with van der Waals surface area (Å²) >= 11 is 6.27. The number of fused-ring (bicyclic) bond motifs is 3. The molecule has 0 radical (unpaired) electrons. The van der Waals surface area contributed by atoms with E-state index in [9.17, 15) is 0 Å². The molecule has 0 aliphatic carbocycles. The van der Waals surface area contributed by atoms with Gasteiger partial charge in [0.05, 0.1) is 10.9 Å². The molecule has 2 aromatic carbocycles. The van der Waals surface area contributed by atoms with Crippen molar-refractivity contribution in [2.24, 2.45) is 0 Å². The van der Waals surface area contributed by atoms with E-state index in [1.807, 2.05) is 36.4 Å². The fourth-order valence-electron chi connectivity index (χ4n) is 2.59. The van der Waals surface area contributed by atoms with Crippen LogP contribution in [0.15, 0.2) is 60.9 Å². The Labute approximate surface area is 120 Å². The van der Waals surface area contributed by atoms with E-state index in [0.29, 0.717) is 5.15 Å². The van der Waals surface area contributed by atoms with Crippen LogP contribution in [0.25, 0.3) is 27.6 Å². The number of halogens is 1. The van der Waals surface area contributed by atoms with Gasteiger partial charge in [-0.1, -0.05) is 48.0 Å². The molecular weight excluding hydrogens is 270 g/mol. The molecule has 0 spiro atoms. The predicted octanol–water partition coefficient (Wildman–Crippen LogP) is 4.23. The summed E-state index contributed by atoms with van der Waals surface area (Å²) in [5.41, 5.74) is 2.97. The Balaban J connectivity index is 2.26. The highest BCUT2D eigenvalue weighted by molar-refractivity contribution is 6.36. The zero-order chi connectivity index (χ0) is 13.5. The highest BCUT2D eigenvalue weighted by Crippen LogP contribution is 2.33. The van der Waals surface area contributed by atoms with Gasteiger partial charge in [0.15, 0.2) is 5.65 Å². The first kappa shape index (κ1) is 11.4. The first-order valence-corrected chi connectivity index (χ1v) is 6.69. The fourth-order valence-corrected chi connectivity index (χ4v) is 2.82. The van der Waals surface area contributed by atoms with Crippen LogP contribution in [0.4, 0.5) is 0 Å². The Morgan fingerprint density at radius 1 is 0.850 bits per heavy atom. The molecule has 3 nitrogen and oxygen atoms in total. The van der Waals surface area contributed by atoms with Gasteiger partial charge in [-0.05, 0) is 18.2 Å². The fraction of sp³-hybridized carbons (Fsp3) is 0. The lowest BCUT2D eigenvalue weighted by Gasteiger charge is -2.05. The maximum Gasteiger partial charge on any atom is 0.150 e. The van der Waals surface area contributed by atoms with Gasteiger partial charge in [-0.25, -0.2) is 9.97 Å². The number of aromatic nitrogens is 3. The number of hydrogen-bond donors (Lipinski definition) is 0. The average molecular weight is 280 g/mol. The van der Waals surface area contributed by atoms with Gasteiger partial charge in [0, 0.05) is 11.1 Å². The van der Waals surface area contributed by atoms with Crippen LogP contribution >= 0.6 is 11.6 Å². The Morgan fingerprint density at radius 2 is 1.60 bits per heavy atom. The zero-order valence-electron chi connectivity index (χ0n) is 10.5. The molecule has 0 fully saturated rings. The van der Waals surface area contributed by atoms with Gasteiger partial charge in [-0.3, -0.25) is 4.57 Å². The van der Waals surface area contributed by atoms with Gasteiger partial charge < -0.3 is 0 Å². The van der Waals surface area contributed by atoms with E-state index < -0.39 is 0 Å². The average Bonchev–Trinajstić information content (AvgIpc) is 2.84. The van der Waals surface area contributed by atoms with Crippen LogP contribution in [0, 0.1) is 0 Å². The first-order chi connectivity index (χ1) is 9.86. The van der Waals surface area contributed by atoms with Crippen LogP contribution in [0.1, 0.15) is 0 Å². The first-order valence-electron chi connectivity index (χ1n) is 6.31. The van der Waals surface area contributed by atoms with Gasteiger partial charge in [0.1, 0.15) is 11.5 Å². The van der Waals surface area contributed by atoms with Gasteiger partial charge in [-0.15, -0.1) is 0 Å². The third-order valence-corrected chi connectivity index (χ3v) is 3.71. The van der Waals surface area contributed by atoms with Crippen molar-refractivity contribution in [3.8, 4) is 5.69 Å². The number of rotatable bonds is 1. The number of nitrogens with zero attached hydrogens (tertiary/aromatic N) is 3. The van der Waals surface area contributed by atoms with E-state index in [1.54, 1.807) is 0 Å². The van der Waals surface area contributed by atoms with Crippen molar-refractivity contribution in [1.82, 2.24) is 14.5 Å². The molecule has 2 heterocycles. The normalized spacial score (nSPS) is 11.2. The summed E-state index contributed by atoms with van der Waals surface area (Å²) in [6.07, 6.45) is 1.50. The van der Waals surface area contributed by atoms with Gasteiger partial charge in [-0.2, -0.15) is 0 Å². The second kappa shape index (κ2) is 4.32. The molecule has 4 aromatic rings. The van der Waals surface area contributed by atoms with Crippen molar-refractivity contribution in [2.45, 2.75) is 0 Å². The molecule has 2 aromatic heterocycles. The van der Waals surface area contributed by atoms with E-state index in [1.165, 1.54) is 6.33 Å². The highest BCUT2D eigenvalue weighted by atomic mass is 35.5. The lowest BCUT2D eigenvalue weighted by Crippen LogP contribution is -1.95. The molecule has 0 bridgehead atoms. The molecule has 0 aliphatic heterocycles. The van der Waals surface area contributed by atoms with Crippen LogP contribution in [-0.2, 0) is 0 Å². The van der Waals surface area contributed by atoms with Crippen LogP contribution in [0.3, 0.4) is 0 Å². The molecule has 0 amide bonds. The minimum absolute atomic E-state index is 0.487. The number of hydrogen-bond acceptors (Lipinski definition) is 2. The van der Waals surface area contributed by atoms with Gasteiger partial charge in [0.2, 0.25) is 0 Å². The minimum atomic E-state index is 0.487. The summed E-state index contributed by atoms with van der Waals surface area (Å²) in [4.78, 5) is 8.53. The molecule has 0 unspecified atom stereocenters. The molecule has 0 N–H and O–H groups in total. The Hall–Kier alpha value is -2.39. The summed E-state index contributed by atoms with van der Waals surface area (Å²) in [5, 5.41) is 2.45. The van der Waals surface area contributed by atoms with Crippen LogP contribution in [0.2, 0.25) is 5.15 Å². The summed E-state index contributed by atoms with van der Waals surface area (Å²) < 4.78 is 2.11. The predicted molar refractivity (Wildman–Crippen MR) is 81.4 cm³/mol. The summed E-state index contributed by atoms with van der Waals surface area (Å²) in [6, 6.07) is 18.3. The van der Waals surface area contributed by atoms with E-state index >= 15 is 0 Å². The third kappa shape index (κ3) is 1.53. The second-order valence-corrected chi connectivity index (χ2v) is 4.91. The van der Waals surface area contributed by atoms with Crippen LogP contribution < -0.4 is 0 Å². The molecule has 0 saturated heterocycles. The largest absolute Gasteiger partial charge is 0.294 e. The molecule has 0 atom stereocenters. The smallest absolute Gasteiger partial charge is 0.150 e. The van der Waals surface area contributed by atoms with Crippen LogP contribution in [0.5, 0.6) is 0 Å². The van der Waals surface area contributed by atoms with E-state index in [-0.39, 0.29) is 0 Å². The maximum atomic E-state index is 6.27. The van der Waals surface area contributed by atoms with E-state index in [4.69, 9.17) is 11.6 Å². The Kier molecular flexibility index (Phi) is 2.47. The highest BCUT2D eigenvalue weighted by Gasteiger charge is 2.15. The van der Waals surface area contributed by atoms with Crippen molar-refractivity contribution in [3.05, 3.63) is 66.1 Å². The van der Waals surface area contributed by atoms with Crippen LogP contribution in [-0.4, -0.2) is 14.5 Å². The zero-order valence-corrected chi connectivity index (χ0v) is 11.2. The van der Waals surface area contributed by atoms with Gasteiger partial charge in [0.25, 0.3) is 0 Å². The molecule has 0 saturated carbocycles. The Bertz CT molecular complexity index is 913. The SMILES string of the molecule is Clc1ncnc2c1c1ccccc1n2-c1ccccc1. The van der Waals surface area contributed by atoms with Crippen molar-refractivity contribution >= 4 is 33.5 Å². The van der Waals surface area contributed by atoms with E-state index in [2.05, 4.69) is 32.7 Å². The van der Waals surface area contributed by atoms with Gasteiger partial charge >= 0.3 is 0 Å². The number of para-hydroxylation sites is 2. The second-order valence-electron chi connectivity index (χ2n) is 4.55. The summed E-state index contributed by atoms with van der Waals surface area (Å²) in [6.45, 7) is 0. The molecule has 20 heavy (non-hydrogen) atoms. The number of benzene rings is 2. The standard InChI is InChI=1S/C16H10ClN3/c17-15-14-12-8-4-5-9-13(12)20(16(14)19-10-18-15)11-6-2-1-3-7-11/h1-10H. The molecule has 0 aliphatic rings. The molecule has 4 heteroatoms. The lowest BCUT2D eigenvalue weighted by molar-refractivity contribution is 1.11. The molecule has 96 valence electrons.